The van der Waals surface area contributed by atoms with E-state index in [4.69, 9.17) is 4.74 Å². The Kier molecular flexibility index (Phi) is 5.09. The molecule has 2 saturated heterocycles. The molecule has 0 saturated carbocycles. The summed E-state index contributed by atoms with van der Waals surface area (Å²) in [6.07, 6.45) is 5.29. The van der Waals surface area contributed by atoms with Gasteiger partial charge in [0.2, 0.25) is 0 Å². The molecular weight excluding hydrogens is 322 g/mol. The summed E-state index contributed by atoms with van der Waals surface area (Å²) >= 11 is 1.68. The number of aromatic nitrogens is 3. The minimum atomic E-state index is -2.83. The number of hydrogen-bond acceptors (Lipinski definition) is 6. The van der Waals surface area contributed by atoms with Crippen molar-refractivity contribution in [3.05, 3.63) is 5.82 Å². The van der Waals surface area contributed by atoms with Crippen molar-refractivity contribution in [1.29, 1.82) is 0 Å². The minimum absolute atomic E-state index is 0.187. The smallest absolute Gasteiger partial charge is 0.191 e. The van der Waals surface area contributed by atoms with Crippen LogP contribution >= 0.6 is 11.8 Å². The first kappa shape index (κ1) is 16.3. The molecule has 1 aromatic heterocycles. The van der Waals surface area contributed by atoms with Gasteiger partial charge in [0.1, 0.15) is 5.82 Å². The maximum Gasteiger partial charge on any atom is 0.191 e. The highest BCUT2D eigenvalue weighted by molar-refractivity contribution is 7.99. The Balaban J connectivity index is 1.55. The Morgan fingerprint density at radius 2 is 2.18 bits per heavy atom. The SMILES string of the molecule is Cn1c(C[C@H]2CCS(=O)(=O)C2)nnc1SC[C@@H]1CCCCO1. The van der Waals surface area contributed by atoms with E-state index in [2.05, 4.69) is 10.2 Å². The lowest BCUT2D eigenvalue weighted by Crippen LogP contribution is -2.21. The lowest BCUT2D eigenvalue weighted by Gasteiger charge is -2.21. The second-order valence-electron chi connectivity index (χ2n) is 6.23. The molecule has 8 heteroatoms. The topological polar surface area (TPSA) is 74.1 Å². The number of hydrogen-bond donors (Lipinski definition) is 0. The lowest BCUT2D eigenvalue weighted by atomic mass is 10.1. The standard InChI is InChI=1S/C14H23N3O3S2/c1-17-13(8-11-5-7-22(18,19)10-11)15-16-14(17)21-9-12-4-2-3-6-20-12/h11-12H,2-10H2,1H3/t11-,12+/m1/s1. The normalized spacial score (nSPS) is 28.0. The molecule has 0 unspecified atom stereocenters. The van der Waals surface area contributed by atoms with Crippen LogP contribution < -0.4 is 0 Å². The molecule has 6 nitrogen and oxygen atoms in total. The van der Waals surface area contributed by atoms with Gasteiger partial charge in [-0.2, -0.15) is 0 Å². The van der Waals surface area contributed by atoms with Gasteiger partial charge in [-0.25, -0.2) is 8.42 Å². The molecule has 2 aliphatic heterocycles. The van der Waals surface area contributed by atoms with Gasteiger partial charge in [0.05, 0.1) is 17.6 Å². The second-order valence-corrected chi connectivity index (χ2v) is 9.45. The first-order valence-corrected chi connectivity index (χ1v) is 10.7. The van der Waals surface area contributed by atoms with Gasteiger partial charge in [-0.1, -0.05) is 11.8 Å². The van der Waals surface area contributed by atoms with Crippen molar-refractivity contribution in [2.75, 3.05) is 23.9 Å². The van der Waals surface area contributed by atoms with Crippen LogP contribution in [-0.4, -0.2) is 53.2 Å². The van der Waals surface area contributed by atoms with Gasteiger partial charge in [-0.15, -0.1) is 10.2 Å². The van der Waals surface area contributed by atoms with Crippen molar-refractivity contribution in [2.24, 2.45) is 13.0 Å². The molecule has 0 N–H and O–H groups in total. The molecular formula is C14H23N3O3S2. The number of thioether (sulfide) groups is 1. The van der Waals surface area contributed by atoms with Crippen molar-refractivity contribution >= 4 is 21.6 Å². The fourth-order valence-corrected chi connectivity index (χ4v) is 5.90. The summed E-state index contributed by atoms with van der Waals surface area (Å²) in [5.41, 5.74) is 0. The zero-order valence-corrected chi connectivity index (χ0v) is 14.5. The number of sulfone groups is 1. The van der Waals surface area contributed by atoms with Crippen LogP contribution in [-0.2, 0) is 28.0 Å². The molecule has 2 aliphatic rings. The maximum atomic E-state index is 11.5. The second kappa shape index (κ2) is 6.88. The van der Waals surface area contributed by atoms with E-state index >= 15 is 0 Å². The van der Waals surface area contributed by atoms with E-state index in [1.54, 1.807) is 11.8 Å². The highest BCUT2D eigenvalue weighted by Gasteiger charge is 2.29. The predicted molar refractivity (Wildman–Crippen MR) is 85.8 cm³/mol. The number of nitrogens with zero attached hydrogens (tertiary/aromatic N) is 3. The van der Waals surface area contributed by atoms with Crippen LogP contribution in [0.15, 0.2) is 5.16 Å². The van der Waals surface area contributed by atoms with Gasteiger partial charge >= 0.3 is 0 Å². The maximum absolute atomic E-state index is 11.5. The molecule has 124 valence electrons. The van der Waals surface area contributed by atoms with E-state index in [1.807, 2.05) is 11.6 Å². The zero-order valence-electron chi connectivity index (χ0n) is 12.9. The molecule has 22 heavy (non-hydrogen) atoms. The van der Waals surface area contributed by atoms with E-state index in [0.29, 0.717) is 18.3 Å². The molecule has 1 aromatic rings. The summed E-state index contributed by atoms with van der Waals surface area (Å²) in [5.74, 6) is 2.58. The van der Waals surface area contributed by atoms with Crippen molar-refractivity contribution < 1.29 is 13.2 Å². The van der Waals surface area contributed by atoms with Crippen LogP contribution in [0.3, 0.4) is 0 Å². The fraction of sp³-hybridized carbons (Fsp3) is 0.857. The van der Waals surface area contributed by atoms with Crippen molar-refractivity contribution in [1.82, 2.24) is 14.8 Å². The fourth-order valence-electron chi connectivity index (χ4n) is 3.05. The summed E-state index contributed by atoms with van der Waals surface area (Å²) in [7, 11) is -0.864. The van der Waals surface area contributed by atoms with E-state index in [-0.39, 0.29) is 11.7 Å². The van der Waals surface area contributed by atoms with Gasteiger partial charge in [0, 0.05) is 25.8 Å². The van der Waals surface area contributed by atoms with Crippen LogP contribution in [0.5, 0.6) is 0 Å². The largest absolute Gasteiger partial charge is 0.377 e. The Morgan fingerprint density at radius 3 is 2.86 bits per heavy atom. The molecule has 2 fully saturated rings. The molecule has 0 amide bonds. The highest BCUT2D eigenvalue weighted by atomic mass is 32.2. The average molecular weight is 345 g/mol. The molecule has 3 rings (SSSR count). The van der Waals surface area contributed by atoms with Gasteiger partial charge < -0.3 is 9.30 Å². The Morgan fingerprint density at radius 1 is 1.32 bits per heavy atom. The summed E-state index contributed by atoms with van der Waals surface area (Å²) < 4.78 is 30.8. The van der Waals surface area contributed by atoms with Crippen molar-refractivity contribution in [2.45, 2.75) is 43.4 Å². The summed E-state index contributed by atoms with van der Waals surface area (Å²) in [6, 6.07) is 0. The molecule has 2 atom stereocenters. The zero-order chi connectivity index (χ0) is 15.6. The monoisotopic (exact) mass is 345 g/mol. The molecule has 0 spiro atoms. The van der Waals surface area contributed by atoms with Crippen molar-refractivity contribution in [3.8, 4) is 0 Å². The third-order valence-electron chi connectivity index (χ3n) is 4.40. The Labute approximate surface area is 135 Å². The van der Waals surface area contributed by atoms with Gasteiger partial charge in [0.25, 0.3) is 0 Å². The highest BCUT2D eigenvalue weighted by Crippen LogP contribution is 2.25. The van der Waals surface area contributed by atoms with Gasteiger partial charge in [-0.05, 0) is 31.6 Å². The van der Waals surface area contributed by atoms with Crippen LogP contribution in [0.2, 0.25) is 0 Å². The van der Waals surface area contributed by atoms with Crippen LogP contribution in [0.25, 0.3) is 0 Å². The Hall–Kier alpha value is -0.600. The first-order chi connectivity index (χ1) is 10.5. The summed E-state index contributed by atoms with van der Waals surface area (Å²) in [4.78, 5) is 0. The van der Waals surface area contributed by atoms with Crippen molar-refractivity contribution in [3.63, 3.8) is 0 Å². The van der Waals surface area contributed by atoms with E-state index < -0.39 is 9.84 Å². The number of rotatable bonds is 5. The first-order valence-electron chi connectivity index (χ1n) is 7.86. The van der Waals surface area contributed by atoms with E-state index in [0.717, 1.165) is 36.2 Å². The summed E-state index contributed by atoms with van der Waals surface area (Å²) in [5, 5.41) is 9.39. The average Bonchev–Trinajstić information content (AvgIpc) is 3.02. The quantitative estimate of drug-likeness (QED) is 0.752. The summed E-state index contributed by atoms with van der Waals surface area (Å²) in [6.45, 7) is 0.867. The lowest BCUT2D eigenvalue weighted by molar-refractivity contribution is 0.0315. The molecule has 0 radical (unpaired) electrons. The van der Waals surface area contributed by atoms with E-state index in [1.165, 1.54) is 12.8 Å². The minimum Gasteiger partial charge on any atom is -0.377 e. The van der Waals surface area contributed by atoms with Crippen LogP contribution in [0.1, 0.15) is 31.5 Å². The molecule has 0 aliphatic carbocycles. The van der Waals surface area contributed by atoms with E-state index in [9.17, 15) is 8.42 Å². The number of ether oxygens (including phenoxy) is 1. The third kappa shape index (κ3) is 4.02. The van der Waals surface area contributed by atoms with Crippen LogP contribution in [0.4, 0.5) is 0 Å². The molecule has 0 bridgehead atoms. The molecule has 3 heterocycles. The predicted octanol–water partition coefficient (Wildman–Crippen LogP) is 1.45. The van der Waals surface area contributed by atoms with Gasteiger partial charge in [-0.3, -0.25) is 0 Å². The molecule has 0 aromatic carbocycles. The third-order valence-corrected chi connectivity index (χ3v) is 7.38. The Bertz CT molecular complexity index is 609. The van der Waals surface area contributed by atoms with Crippen LogP contribution in [0, 0.1) is 5.92 Å². The van der Waals surface area contributed by atoms with Gasteiger partial charge in [0.15, 0.2) is 15.0 Å².